The zero-order valence-electron chi connectivity index (χ0n) is 7.68. The van der Waals surface area contributed by atoms with Gasteiger partial charge in [0.05, 0.1) is 6.10 Å². The molecule has 0 atom stereocenters. The molecule has 0 bridgehead atoms. The summed E-state index contributed by atoms with van der Waals surface area (Å²) in [5.41, 5.74) is 0.985. The van der Waals surface area contributed by atoms with Crippen LogP contribution in [0.3, 0.4) is 0 Å². The summed E-state index contributed by atoms with van der Waals surface area (Å²) in [6, 6.07) is 9.79. The van der Waals surface area contributed by atoms with Gasteiger partial charge in [0.2, 0.25) is 0 Å². The second kappa shape index (κ2) is 3.94. The van der Waals surface area contributed by atoms with E-state index in [1.165, 1.54) is 0 Å². The molecule has 4 heteroatoms. The molecular formula is C10H12N2OS. The lowest BCUT2D eigenvalue weighted by molar-refractivity contribution is 0.0482. The Bertz CT molecular complexity index is 322. The number of benzene rings is 1. The summed E-state index contributed by atoms with van der Waals surface area (Å²) in [6.45, 7) is 1.28. The predicted molar refractivity (Wildman–Crippen MR) is 60.2 cm³/mol. The van der Waals surface area contributed by atoms with Crippen LogP contribution in [0.5, 0.6) is 0 Å². The van der Waals surface area contributed by atoms with Crippen molar-refractivity contribution in [2.24, 2.45) is 0 Å². The normalized spacial score (nSPS) is 16.2. The van der Waals surface area contributed by atoms with Crippen molar-refractivity contribution in [2.45, 2.75) is 6.10 Å². The third-order valence-corrected chi connectivity index (χ3v) is 2.53. The van der Waals surface area contributed by atoms with Crippen LogP contribution in [-0.4, -0.2) is 34.3 Å². The fourth-order valence-electron chi connectivity index (χ4n) is 1.35. The van der Waals surface area contributed by atoms with Gasteiger partial charge in [0.1, 0.15) is 0 Å². The predicted octanol–water partition coefficient (Wildman–Crippen LogP) is 1.06. The number of anilines is 1. The van der Waals surface area contributed by atoms with Crippen molar-refractivity contribution in [3.05, 3.63) is 30.3 Å². The van der Waals surface area contributed by atoms with E-state index in [2.05, 4.69) is 5.32 Å². The number of para-hydroxylation sites is 1. The standard InChI is InChI=1S/C10H12N2OS/c13-9-6-12(7-9)10(14)11-8-4-2-1-3-5-8/h1-5,9,13H,6-7H2,(H,11,14). The van der Waals surface area contributed by atoms with Crippen LogP contribution < -0.4 is 5.32 Å². The van der Waals surface area contributed by atoms with Gasteiger partial charge >= 0.3 is 0 Å². The van der Waals surface area contributed by atoms with Gasteiger partial charge in [-0.2, -0.15) is 0 Å². The average molecular weight is 208 g/mol. The quantitative estimate of drug-likeness (QED) is 0.676. The highest BCUT2D eigenvalue weighted by atomic mass is 32.1. The maximum Gasteiger partial charge on any atom is 0.173 e. The molecule has 2 N–H and O–H groups in total. The largest absolute Gasteiger partial charge is 0.389 e. The van der Waals surface area contributed by atoms with Crippen molar-refractivity contribution in [3.8, 4) is 0 Å². The molecule has 0 saturated carbocycles. The molecule has 0 amide bonds. The smallest absolute Gasteiger partial charge is 0.173 e. The van der Waals surface area contributed by atoms with Crippen LogP contribution >= 0.6 is 12.2 Å². The number of β-amino-alcohol motifs (C(OH)–C–C–N with tert-alkyl or cyclic N) is 1. The van der Waals surface area contributed by atoms with Gasteiger partial charge in [-0.15, -0.1) is 0 Å². The topological polar surface area (TPSA) is 35.5 Å². The molecular weight excluding hydrogens is 196 g/mol. The van der Waals surface area contributed by atoms with Crippen LogP contribution in [0.2, 0.25) is 0 Å². The number of nitrogens with one attached hydrogen (secondary N) is 1. The minimum atomic E-state index is -0.217. The zero-order chi connectivity index (χ0) is 9.97. The van der Waals surface area contributed by atoms with Gasteiger partial charge in [0, 0.05) is 18.8 Å². The molecule has 3 nitrogen and oxygen atoms in total. The molecule has 1 saturated heterocycles. The number of hydrogen-bond acceptors (Lipinski definition) is 2. The Balaban J connectivity index is 1.89. The molecule has 74 valence electrons. The van der Waals surface area contributed by atoms with Gasteiger partial charge in [-0.1, -0.05) is 18.2 Å². The van der Waals surface area contributed by atoms with E-state index >= 15 is 0 Å². The van der Waals surface area contributed by atoms with Crippen molar-refractivity contribution in [2.75, 3.05) is 18.4 Å². The Labute approximate surface area is 88.3 Å². The lowest BCUT2D eigenvalue weighted by Crippen LogP contribution is -2.54. The first kappa shape index (κ1) is 9.43. The Morgan fingerprint density at radius 1 is 1.36 bits per heavy atom. The molecule has 0 radical (unpaired) electrons. The van der Waals surface area contributed by atoms with Crippen molar-refractivity contribution in [1.82, 2.24) is 4.90 Å². The molecule has 2 rings (SSSR count). The highest BCUT2D eigenvalue weighted by Gasteiger charge is 2.26. The number of aliphatic hydroxyl groups is 1. The van der Waals surface area contributed by atoms with Crippen molar-refractivity contribution in [3.63, 3.8) is 0 Å². The lowest BCUT2D eigenvalue weighted by Gasteiger charge is -2.37. The second-order valence-corrected chi connectivity index (χ2v) is 3.74. The molecule has 0 unspecified atom stereocenters. The maximum atomic E-state index is 9.10. The summed E-state index contributed by atoms with van der Waals surface area (Å²) in [6.07, 6.45) is -0.217. The number of likely N-dealkylation sites (tertiary alicyclic amines) is 1. The van der Waals surface area contributed by atoms with E-state index in [9.17, 15) is 0 Å². The highest BCUT2D eigenvalue weighted by molar-refractivity contribution is 7.80. The van der Waals surface area contributed by atoms with Gasteiger partial charge in [-0.25, -0.2) is 0 Å². The molecule has 1 aliphatic heterocycles. The first-order valence-corrected chi connectivity index (χ1v) is 4.95. The van der Waals surface area contributed by atoms with Crippen LogP contribution in [0.4, 0.5) is 5.69 Å². The highest BCUT2D eigenvalue weighted by Crippen LogP contribution is 2.11. The Morgan fingerprint density at radius 3 is 2.57 bits per heavy atom. The first-order chi connectivity index (χ1) is 6.75. The average Bonchev–Trinajstić information content (AvgIpc) is 2.14. The van der Waals surface area contributed by atoms with Gasteiger partial charge in [0.25, 0.3) is 0 Å². The minimum absolute atomic E-state index is 0.217. The van der Waals surface area contributed by atoms with Gasteiger partial charge in [0.15, 0.2) is 5.11 Å². The second-order valence-electron chi connectivity index (χ2n) is 3.35. The Morgan fingerprint density at radius 2 is 2.00 bits per heavy atom. The van der Waals surface area contributed by atoms with Crippen LogP contribution in [-0.2, 0) is 0 Å². The monoisotopic (exact) mass is 208 g/mol. The Kier molecular flexibility index (Phi) is 2.65. The summed E-state index contributed by atoms with van der Waals surface area (Å²) in [5, 5.41) is 12.9. The molecule has 0 aromatic heterocycles. The third-order valence-electron chi connectivity index (χ3n) is 2.17. The van der Waals surface area contributed by atoms with E-state index in [1.54, 1.807) is 0 Å². The maximum absolute atomic E-state index is 9.10. The number of aliphatic hydroxyl groups excluding tert-OH is 1. The fourth-order valence-corrected chi connectivity index (χ4v) is 1.61. The number of thiocarbonyl (C=S) groups is 1. The van der Waals surface area contributed by atoms with Crippen molar-refractivity contribution < 1.29 is 5.11 Å². The molecule has 0 spiro atoms. The number of rotatable bonds is 1. The third kappa shape index (κ3) is 2.02. The minimum Gasteiger partial charge on any atom is -0.389 e. The molecule has 14 heavy (non-hydrogen) atoms. The van der Waals surface area contributed by atoms with E-state index in [0.29, 0.717) is 18.2 Å². The van der Waals surface area contributed by atoms with E-state index < -0.39 is 0 Å². The van der Waals surface area contributed by atoms with Crippen molar-refractivity contribution >= 4 is 23.0 Å². The molecule has 1 fully saturated rings. The molecule has 1 aromatic rings. The molecule has 1 aromatic carbocycles. The molecule has 0 aliphatic carbocycles. The summed E-state index contributed by atoms with van der Waals surface area (Å²) in [4.78, 5) is 1.94. The van der Waals surface area contributed by atoms with Gasteiger partial charge in [-0.3, -0.25) is 0 Å². The summed E-state index contributed by atoms with van der Waals surface area (Å²) in [5.74, 6) is 0. The van der Waals surface area contributed by atoms with E-state index in [4.69, 9.17) is 17.3 Å². The number of hydrogen-bond donors (Lipinski definition) is 2. The lowest BCUT2D eigenvalue weighted by atomic mass is 10.2. The van der Waals surface area contributed by atoms with Crippen LogP contribution in [0.15, 0.2) is 30.3 Å². The SMILES string of the molecule is OC1CN(C(=S)Nc2ccccc2)C1. The van der Waals surface area contributed by atoms with Crippen LogP contribution in [0.1, 0.15) is 0 Å². The summed E-state index contributed by atoms with van der Waals surface area (Å²) >= 11 is 5.17. The number of nitrogens with zero attached hydrogens (tertiary/aromatic N) is 1. The summed E-state index contributed by atoms with van der Waals surface area (Å²) < 4.78 is 0. The van der Waals surface area contributed by atoms with Gasteiger partial charge in [-0.05, 0) is 24.4 Å². The van der Waals surface area contributed by atoms with E-state index in [-0.39, 0.29) is 6.10 Å². The van der Waals surface area contributed by atoms with Crippen LogP contribution in [0, 0.1) is 0 Å². The van der Waals surface area contributed by atoms with Crippen molar-refractivity contribution in [1.29, 1.82) is 0 Å². The van der Waals surface area contributed by atoms with E-state index in [1.807, 2.05) is 35.2 Å². The fraction of sp³-hybridized carbons (Fsp3) is 0.300. The van der Waals surface area contributed by atoms with E-state index in [0.717, 1.165) is 5.69 Å². The molecule has 1 aliphatic rings. The molecule has 1 heterocycles. The Hall–Kier alpha value is -1.13. The summed E-state index contributed by atoms with van der Waals surface area (Å²) in [7, 11) is 0. The zero-order valence-corrected chi connectivity index (χ0v) is 8.50. The van der Waals surface area contributed by atoms with Gasteiger partial charge < -0.3 is 15.3 Å². The van der Waals surface area contributed by atoms with Crippen LogP contribution in [0.25, 0.3) is 0 Å². The first-order valence-electron chi connectivity index (χ1n) is 4.55.